The first-order valence-corrected chi connectivity index (χ1v) is 13.0. The van der Waals surface area contributed by atoms with Crippen molar-refractivity contribution in [1.29, 1.82) is 0 Å². The third-order valence-corrected chi connectivity index (χ3v) is 8.87. The molecule has 8 nitrogen and oxygen atoms in total. The highest BCUT2D eigenvalue weighted by molar-refractivity contribution is 7.90. The lowest BCUT2D eigenvalue weighted by molar-refractivity contribution is -0.192. The Labute approximate surface area is 208 Å². The van der Waals surface area contributed by atoms with Gasteiger partial charge in [-0.25, -0.2) is 17.5 Å². The minimum absolute atomic E-state index is 0.231. The van der Waals surface area contributed by atoms with Crippen LogP contribution in [0, 0.1) is 5.92 Å². The molecule has 0 aliphatic carbocycles. The van der Waals surface area contributed by atoms with Crippen molar-refractivity contribution in [3.8, 4) is 5.75 Å². The van der Waals surface area contributed by atoms with E-state index in [0.29, 0.717) is 19.5 Å². The van der Waals surface area contributed by atoms with Gasteiger partial charge in [0.1, 0.15) is 5.75 Å². The van der Waals surface area contributed by atoms with Crippen molar-refractivity contribution in [2.24, 2.45) is 5.92 Å². The van der Waals surface area contributed by atoms with Crippen LogP contribution in [0.25, 0.3) is 0 Å². The summed E-state index contributed by atoms with van der Waals surface area (Å²) in [5, 5.41) is 6.89. The molecule has 2 aliphatic rings. The van der Waals surface area contributed by atoms with Gasteiger partial charge in [0.15, 0.2) is 0 Å². The SMILES string of the molecule is COc1ccc(CCN2C[C@H]3CCN(Cc4cccnc4)CC[C@H]3S2(=O)=O)cc1.O=C(O)C(F)(F)F. The number of hydrogen-bond acceptors (Lipinski definition) is 6. The van der Waals surface area contributed by atoms with Crippen LogP contribution >= 0.6 is 0 Å². The fourth-order valence-electron chi connectivity index (χ4n) is 4.52. The molecular weight excluding hydrogens is 499 g/mol. The number of sulfonamides is 1. The van der Waals surface area contributed by atoms with Gasteiger partial charge < -0.3 is 9.84 Å². The molecule has 2 aromatic rings. The maximum Gasteiger partial charge on any atom is 0.490 e. The first-order valence-electron chi connectivity index (χ1n) is 11.5. The standard InChI is InChI=1S/C22H29N3O3S.C2HF3O2/c1-28-21-6-4-18(5-7-21)8-14-25-17-20-9-12-24(13-10-22(20)29(25,26)27)16-19-3-2-11-23-15-19;3-2(4,5)1(6)7/h2-7,11,15,20,22H,8-10,12-14,16-17H2,1H3;(H,6,7)/t20-,22-;/m1./s1. The Morgan fingerprint density at radius 1 is 1.14 bits per heavy atom. The number of aromatic nitrogens is 1. The monoisotopic (exact) mass is 529 g/mol. The average Bonchev–Trinajstić information content (AvgIpc) is 2.95. The number of halogens is 3. The van der Waals surface area contributed by atoms with E-state index in [4.69, 9.17) is 14.6 Å². The summed E-state index contributed by atoms with van der Waals surface area (Å²) in [6.45, 7) is 3.82. The Morgan fingerprint density at radius 2 is 1.81 bits per heavy atom. The van der Waals surface area contributed by atoms with Gasteiger partial charge in [-0.3, -0.25) is 9.88 Å². The molecule has 2 atom stereocenters. The molecule has 1 aromatic heterocycles. The van der Waals surface area contributed by atoms with Gasteiger partial charge in [-0.1, -0.05) is 18.2 Å². The molecule has 4 rings (SSSR count). The number of aliphatic carboxylic acids is 1. The summed E-state index contributed by atoms with van der Waals surface area (Å²) in [5.41, 5.74) is 2.32. The second-order valence-corrected chi connectivity index (χ2v) is 11.0. The molecule has 2 saturated heterocycles. The van der Waals surface area contributed by atoms with E-state index in [-0.39, 0.29) is 11.2 Å². The smallest absolute Gasteiger partial charge is 0.490 e. The van der Waals surface area contributed by atoms with Crippen LogP contribution in [-0.4, -0.2) is 78.4 Å². The number of rotatable bonds is 6. The number of methoxy groups -OCH3 is 1. The number of carboxylic acid groups (broad SMARTS) is 1. The summed E-state index contributed by atoms with van der Waals surface area (Å²) >= 11 is 0. The molecule has 36 heavy (non-hydrogen) atoms. The zero-order chi connectivity index (χ0) is 26.3. The Bertz CT molecular complexity index is 1100. The number of alkyl halides is 3. The predicted octanol–water partition coefficient (Wildman–Crippen LogP) is 3.19. The lowest BCUT2D eigenvalue weighted by Gasteiger charge is -2.21. The third kappa shape index (κ3) is 7.40. The van der Waals surface area contributed by atoms with Crippen molar-refractivity contribution in [2.45, 2.75) is 37.2 Å². The molecule has 1 aromatic carbocycles. The molecule has 0 radical (unpaired) electrons. The van der Waals surface area contributed by atoms with Gasteiger partial charge in [-0.15, -0.1) is 0 Å². The fraction of sp³-hybridized carbons (Fsp3) is 0.500. The second-order valence-electron chi connectivity index (χ2n) is 8.82. The second kappa shape index (κ2) is 12.0. The van der Waals surface area contributed by atoms with E-state index in [9.17, 15) is 21.6 Å². The van der Waals surface area contributed by atoms with Gasteiger partial charge in [0.05, 0.1) is 12.4 Å². The fourth-order valence-corrected chi connectivity index (χ4v) is 6.76. The van der Waals surface area contributed by atoms with Crippen LogP contribution in [-0.2, 0) is 27.8 Å². The zero-order valence-electron chi connectivity index (χ0n) is 19.9. The van der Waals surface area contributed by atoms with Gasteiger partial charge >= 0.3 is 12.1 Å². The summed E-state index contributed by atoms with van der Waals surface area (Å²) in [4.78, 5) is 15.4. The van der Waals surface area contributed by atoms with Crippen molar-refractivity contribution < 1.29 is 36.2 Å². The highest BCUT2D eigenvalue weighted by atomic mass is 32.2. The first-order chi connectivity index (χ1) is 17.0. The summed E-state index contributed by atoms with van der Waals surface area (Å²) in [6, 6.07) is 11.9. The highest BCUT2D eigenvalue weighted by Gasteiger charge is 2.46. The Balaban J connectivity index is 0.000000454. The maximum absolute atomic E-state index is 13.1. The maximum atomic E-state index is 13.1. The number of ether oxygens (including phenoxy) is 1. The van der Waals surface area contributed by atoms with E-state index >= 15 is 0 Å². The van der Waals surface area contributed by atoms with Crippen molar-refractivity contribution in [3.63, 3.8) is 0 Å². The van der Waals surface area contributed by atoms with E-state index in [0.717, 1.165) is 43.8 Å². The van der Waals surface area contributed by atoms with Gasteiger partial charge in [0.25, 0.3) is 0 Å². The van der Waals surface area contributed by atoms with Crippen LogP contribution < -0.4 is 4.74 Å². The van der Waals surface area contributed by atoms with Crippen LogP contribution in [0.4, 0.5) is 13.2 Å². The normalized spacial score (nSPS) is 22.1. The molecular formula is C24H30F3N3O5S. The molecule has 3 heterocycles. The molecule has 0 unspecified atom stereocenters. The van der Waals surface area contributed by atoms with Crippen LogP contribution in [0.2, 0.25) is 0 Å². The lowest BCUT2D eigenvalue weighted by atomic mass is 10.0. The van der Waals surface area contributed by atoms with Gasteiger partial charge in [-0.2, -0.15) is 13.2 Å². The van der Waals surface area contributed by atoms with Crippen molar-refractivity contribution in [2.75, 3.05) is 33.3 Å². The molecule has 0 spiro atoms. The number of carboxylic acids is 1. The van der Waals surface area contributed by atoms with E-state index in [1.54, 1.807) is 17.6 Å². The first kappa shape index (κ1) is 27.9. The van der Waals surface area contributed by atoms with Crippen molar-refractivity contribution in [3.05, 3.63) is 59.9 Å². The number of hydrogen-bond donors (Lipinski definition) is 1. The predicted molar refractivity (Wildman–Crippen MR) is 127 cm³/mol. The van der Waals surface area contributed by atoms with Crippen LogP contribution in [0.15, 0.2) is 48.8 Å². The van der Waals surface area contributed by atoms with Crippen LogP contribution in [0.3, 0.4) is 0 Å². The van der Waals surface area contributed by atoms with Crippen LogP contribution in [0.5, 0.6) is 5.75 Å². The zero-order valence-corrected chi connectivity index (χ0v) is 20.7. The number of fused-ring (bicyclic) bond motifs is 1. The van der Waals surface area contributed by atoms with E-state index in [1.165, 1.54) is 5.56 Å². The largest absolute Gasteiger partial charge is 0.497 e. The number of benzene rings is 1. The summed E-state index contributed by atoms with van der Waals surface area (Å²) in [5.74, 6) is -1.71. The molecule has 2 aliphatic heterocycles. The molecule has 0 saturated carbocycles. The molecule has 12 heteroatoms. The Hall–Kier alpha value is -2.70. The summed E-state index contributed by atoms with van der Waals surface area (Å²) in [7, 11) is -1.57. The van der Waals surface area contributed by atoms with Gasteiger partial charge in [0.2, 0.25) is 10.0 Å². The number of nitrogens with zero attached hydrogens (tertiary/aromatic N) is 3. The number of carbonyl (C=O) groups is 1. The summed E-state index contributed by atoms with van der Waals surface area (Å²) in [6.07, 6.45) is 0.970. The Morgan fingerprint density at radius 3 is 2.39 bits per heavy atom. The van der Waals surface area contributed by atoms with Crippen molar-refractivity contribution >= 4 is 16.0 Å². The Kier molecular flexibility index (Phi) is 9.31. The number of pyridine rings is 1. The van der Waals surface area contributed by atoms with E-state index < -0.39 is 22.2 Å². The van der Waals surface area contributed by atoms with Crippen LogP contribution in [0.1, 0.15) is 24.0 Å². The molecule has 2 fully saturated rings. The highest BCUT2D eigenvalue weighted by Crippen LogP contribution is 2.34. The van der Waals surface area contributed by atoms with Gasteiger partial charge in [0, 0.05) is 32.0 Å². The topological polar surface area (TPSA) is 100 Å². The summed E-state index contributed by atoms with van der Waals surface area (Å²) < 4.78 is 64.9. The lowest BCUT2D eigenvalue weighted by Crippen LogP contribution is -2.33. The molecule has 198 valence electrons. The van der Waals surface area contributed by atoms with Gasteiger partial charge in [-0.05, 0) is 67.6 Å². The molecule has 0 bridgehead atoms. The third-order valence-electron chi connectivity index (χ3n) is 6.43. The average molecular weight is 530 g/mol. The minimum Gasteiger partial charge on any atom is -0.497 e. The quantitative estimate of drug-likeness (QED) is 0.614. The van der Waals surface area contributed by atoms with Crippen molar-refractivity contribution in [1.82, 2.24) is 14.2 Å². The number of likely N-dealkylation sites (tertiary alicyclic amines) is 1. The van der Waals surface area contributed by atoms with E-state index in [2.05, 4.69) is 16.0 Å². The molecule has 0 amide bonds. The van der Waals surface area contributed by atoms with E-state index in [1.807, 2.05) is 36.5 Å². The minimum atomic E-state index is -5.08. The molecule has 1 N–H and O–H groups in total.